The Kier molecular flexibility index (Phi) is 3.09. The Balaban J connectivity index is 1.68. The summed E-state index contributed by atoms with van der Waals surface area (Å²) < 4.78 is 6.03. The fourth-order valence-corrected chi connectivity index (χ4v) is 3.42. The fraction of sp³-hybridized carbons (Fsp3) is 0.533. The molecule has 0 saturated carbocycles. The van der Waals surface area contributed by atoms with Crippen LogP contribution in [-0.4, -0.2) is 34.3 Å². The van der Waals surface area contributed by atoms with E-state index in [2.05, 4.69) is 0 Å². The highest BCUT2D eigenvalue weighted by molar-refractivity contribution is 5.66. The summed E-state index contributed by atoms with van der Waals surface area (Å²) >= 11 is 0. The molecule has 0 aromatic heterocycles. The van der Waals surface area contributed by atoms with Gasteiger partial charge in [0.1, 0.15) is 11.9 Å². The summed E-state index contributed by atoms with van der Waals surface area (Å²) in [5, 5.41) is 9.22. The lowest BCUT2D eigenvalue weighted by atomic mass is 10.00. The van der Waals surface area contributed by atoms with E-state index in [4.69, 9.17) is 4.74 Å². The van der Waals surface area contributed by atoms with Crippen LogP contribution >= 0.6 is 0 Å². The number of amides is 1. The van der Waals surface area contributed by atoms with E-state index in [0.717, 1.165) is 31.4 Å². The largest absolute Gasteiger partial charge is 0.490 e. The summed E-state index contributed by atoms with van der Waals surface area (Å²) in [5.41, 5.74) is 1.18. The second kappa shape index (κ2) is 4.76. The molecule has 102 valence electrons. The van der Waals surface area contributed by atoms with Crippen molar-refractivity contribution in [1.29, 1.82) is 0 Å². The Morgan fingerprint density at radius 1 is 1.32 bits per heavy atom. The minimum Gasteiger partial charge on any atom is -0.490 e. The molecule has 0 unspecified atom stereocenters. The third kappa shape index (κ3) is 2.39. The molecule has 4 heteroatoms. The lowest BCUT2D eigenvalue weighted by Crippen LogP contribution is -2.48. The first-order valence-electron chi connectivity index (χ1n) is 6.88. The van der Waals surface area contributed by atoms with Crippen LogP contribution in [0.4, 0.5) is 4.79 Å². The number of nitrogens with zero attached hydrogens (tertiary/aromatic N) is 1. The second-order valence-corrected chi connectivity index (χ2v) is 5.60. The van der Waals surface area contributed by atoms with E-state index >= 15 is 0 Å². The molecule has 2 saturated heterocycles. The van der Waals surface area contributed by atoms with Crippen molar-refractivity contribution in [1.82, 2.24) is 4.90 Å². The molecule has 2 heterocycles. The summed E-state index contributed by atoms with van der Waals surface area (Å²) in [4.78, 5) is 12.8. The van der Waals surface area contributed by atoms with E-state index in [1.807, 2.05) is 31.2 Å². The number of carboxylic acid groups (broad SMARTS) is 1. The van der Waals surface area contributed by atoms with Crippen molar-refractivity contribution >= 4 is 6.09 Å². The van der Waals surface area contributed by atoms with E-state index in [9.17, 15) is 9.90 Å². The smallest absolute Gasteiger partial charge is 0.407 e. The van der Waals surface area contributed by atoms with Gasteiger partial charge >= 0.3 is 6.09 Å². The molecule has 1 aromatic rings. The molecule has 1 amide bonds. The van der Waals surface area contributed by atoms with Crippen LogP contribution in [0, 0.1) is 6.92 Å². The molecule has 4 nitrogen and oxygen atoms in total. The Morgan fingerprint density at radius 3 is 2.58 bits per heavy atom. The highest BCUT2D eigenvalue weighted by Gasteiger charge is 2.44. The maximum Gasteiger partial charge on any atom is 0.407 e. The standard InChI is InChI=1S/C15H19NO3/c1-10-3-2-4-13(7-10)19-14-8-11-5-6-12(9-14)16(11)15(17)18/h2-4,7,11-12,14H,5-6,8-9H2,1H3,(H,17,18)/t11-,12+,14-. The topological polar surface area (TPSA) is 49.8 Å². The van der Waals surface area contributed by atoms with Gasteiger partial charge in [-0.3, -0.25) is 0 Å². The highest BCUT2D eigenvalue weighted by Crippen LogP contribution is 2.37. The van der Waals surface area contributed by atoms with Gasteiger partial charge in [-0.05, 0) is 37.5 Å². The van der Waals surface area contributed by atoms with Gasteiger partial charge in [-0.2, -0.15) is 0 Å². The first-order valence-corrected chi connectivity index (χ1v) is 6.88. The molecule has 0 radical (unpaired) electrons. The third-order valence-corrected chi connectivity index (χ3v) is 4.20. The Morgan fingerprint density at radius 2 is 2.00 bits per heavy atom. The van der Waals surface area contributed by atoms with Gasteiger partial charge in [-0.1, -0.05) is 12.1 Å². The van der Waals surface area contributed by atoms with Crippen LogP contribution in [-0.2, 0) is 0 Å². The van der Waals surface area contributed by atoms with E-state index < -0.39 is 6.09 Å². The number of carbonyl (C=O) groups is 1. The molecule has 2 bridgehead atoms. The number of hydrogen-bond donors (Lipinski definition) is 1. The number of ether oxygens (including phenoxy) is 1. The molecular formula is C15H19NO3. The normalized spacial score (nSPS) is 29.3. The van der Waals surface area contributed by atoms with Crippen LogP contribution in [0.15, 0.2) is 24.3 Å². The molecular weight excluding hydrogens is 242 g/mol. The van der Waals surface area contributed by atoms with E-state index in [1.165, 1.54) is 5.56 Å². The van der Waals surface area contributed by atoms with Crippen LogP contribution in [0.2, 0.25) is 0 Å². The number of benzene rings is 1. The molecule has 2 fully saturated rings. The Hall–Kier alpha value is -1.71. The van der Waals surface area contributed by atoms with Crippen molar-refractivity contribution in [2.75, 3.05) is 0 Å². The molecule has 0 aliphatic carbocycles. The minimum atomic E-state index is -0.776. The third-order valence-electron chi connectivity index (χ3n) is 4.20. The van der Waals surface area contributed by atoms with Crippen molar-refractivity contribution in [2.24, 2.45) is 0 Å². The van der Waals surface area contributed by atoms with E-state index in [1.54, 1.807) is 4.90 Å². The molecule has 19 heavy (non-hydrogen) atoms. The quantitative estimate of drug-likeness (QED) is 0.890. The fourth-order valence-electron chi connectivity index (χ4n) is 3.42. The van der Waals surface area contributed by atoms with Crippen molar-refractivity contribution < 1.29 is 14.6 Å². The first kappa shape index (κ1) is 12.3. The lowest BCUT2D eigenvalue weighted by Gasteiger charge is -2.37. The van der Waals surface area contributed by atoms with Crippen LogP contribution in [0.3, 0.4) is 0 Å². The van der Waals surface area contributed by atoms with Gasteiger partial charge in [-0.15, -0.1) is 0 Å². The number of hydrogen-bond acceptors (Lipinski definition) is 2. The minimum absolute atomic E-state index is 0.144. The summed E-state index contributed by atoms with van der Waals surface area (Å²) in [6.07, 6.45) is 2.96. The zero-order valence-corrected chi connectivity index (χ0v) is 11.1. The molecule has 1 N–H and O–H groups in total. The van der Waals surface area contributed by atoms with Crippen molar-refractivity contribution in [2.45, 2.75) is 50.8 Å². The summed E-state index contributed by atoms with van der Waals surface area (Å²) in [7, 11) is 0. The number of rotatable bonds is 2. The summed E-state index contributed by atoms with van der Waals surface area (Å²) in [6, 6.07) is 8.33. The van der Waals surface area contributed by atoms with Crippen molar-refractivity contribution in [3.05, 3.63) is 29.8 Å². The van der Waals surface area contributed by atoms with Crippen LogP contribution in [0.25, 0.3) is 0 Å². The average molecular weight is 261 g/mol. The van der Waals surface area contributed by atoms with Gasteiger partial charge in [0, 0.05) is 24.9 Å². The molecule has 3 atom stereocenters. The van der Waals surface area contributed by atoms with Gasteiger partial charge in [-0.25, -0.2) is 4.79 Å². The Labute approximate surface area is 113 Å². The van der Waals surface area contributed by atoms with Crippen molar-refractivity contribution in [3.8, 4) is 5.75 Å². The maximum atomic E-state index is 11.2. The molecule has 0 spiro atoms. The Bertz CT molecular complexity index is 474. The van der Waals surface area contributed by atoms with E-state index in [0.29, 0.717) is 0 Å². The van der Waals surface area contributed by atoms with Gasteiger partial charge in [0.25, 0.3) is 0 Å². The predicted octanol–water partition coefficient (Wildman–Crippen LogP) is 3.05. The molecule has 2 aliphatic rings. The number of fused-ring (bicyclic) bond motifs is 2. The average Bonchev–Trinajstić information content (AvgIpc) is 2.62. The van der Waals surface area contributed by atoms with Gasteiger partial charge < -0.3 is 14.7 Å². The molecule has 1 aromatic carbocycles. The van der Waals surface area contributed by atoms with E-state index in [-0.39, 0.29) is 18.2 Å². The zero-order chi connectivity index (χ0) is 13.4. The van der Waals surface area contributed by atoms with Gasteiger partial charge in [0.05, 0.1) is 0 Å². The maximum absolute atomic E-state index is 11.2. The number of aryl methyl sites for hydroxylation is 1. The summed E-state index contributed by atoms with van der Waals surface area (Å²) in [6.45, 7) is 2.05. The van der Waals surface area contributed by atoms with Crippen LogP contribution in [0.5, 0.6) is 5.75 Å². The van der Waals surface area contributed by atoms with Crippen molar-refractivity contribution in [3.63, 3.8) is 0 Å². The lowest BCUT2D eigenvalue weighted by molar-refractivity contribution is 0.0496. The predicted molar refractivity (Wildman–Crippen MR) is 71.5 cm³/mol. The van der Waals surface area contributed by atoms with Crippen LogP contribution < -0.4 is 4.74 Å². The summed E-state index contributed by atoms with van der Waals surface area (Å²) in [5.74, 6) is 0.896. The van der Waals surface area contributed by atoms with Crippen LogP contribution in [0.1, 0.15) is 31.2 Å². The molecule has 2 aliphatic heterocycles. The van der Waals surface area contributed by atoms with Gasteiger partial charge in [0.15, 0.2) is 0 Å². The highest BCUT2D eigenvalue weighted by atomic mass is 16.5. The SMILES string of the molecule is Cc1cccc(O[C@@H]2C[C@H]3CC[C@@H](C2)N3C(=O)O)c1. The molecule has 3 rings (SSSR count). The monoisotopic (exact) mass is 261 g/mol. The number of piperidine rings is 1. The first-order chi connectivity index (χ1) is 9.13. The second-order valence-electron chi connectivity index (χ2n) is 5.60. The zero-order valence-electron chi connectivity index (χ0n) is 11.1. The van der Waals surface area contributed by atoms with Gasteiger partial charge in [0.2, 0.25) is 0 Å².